The number of nitrogens with one attached hydrogen (secondary N) is 1. The van der Waals surface area contributed by atoms with E-state index in [-0.39, 0.29) is 16.4 Å². The molecule has 2 aromatic heterocycles. The Bertz CT molecular complexity index is 1040. The van der Waals surface area contributed by atoms with Crippen LogP contribution in [0.1, 0.15) is 23.1 Å². The Morgan fingerprint density at radius 3 is 2.33 bits per heavy atom. The lowest BCUT2D eigenvalue weighted by Crippen LogP contribution is -2.31. The zero-order chi connectivity index (χ0) is 19.4. The zero-order valence-electron chi connectivity index (χ0n) is 14.2. The highest BCUT2D eigenvalue weighted by Gasteiger charge is 2.34. The van der Waals surface area contributed by atoms with Crippen LogP contribution in [0.5, 0.6) is 0 Å². The van der Waals surface area contributed by atoms with Crippen molar-refractivity contribution in [3.63, 3.8) is 0 Å². The van der Waals surface area contributed by atoms with Gasteiger partial charge in [-0.05, 0) is 43.3 Å². The molecule has 1 N–H and O–H groups in total. The fourth-order valence-corrected chi connectivity index (χ4v) is 3.60. The number of benzene rings is 1. The van der Waals surface area contributed by atoms with Gasteiger partial charge in [-0.15, -0.1) is 0 Å². The van der Waals surface area contributed by atoms with Crippen molar-refractivity contribution in [3.8, 4) is 0 Å². The van der Waals surface area contributed by atoms with Crippen molar-refractivity contribution in [1.29, 1.82) is 0 Å². The van der Waals surface area contributed by atoms with Gasteiger partial charge < -0.3 is 8.83 Å². The molecule has 0 spiro atoms. The van der Waals surface area contributed by atoms with Gasteiger partial charge >= 0.3 is 0 Å². The maximum atomic E-state index is 12.8. The Labute approximate surface area is 155 Å². The number of nitro groups is 1. The largest absolute Gasteiger partial charge is 0.467 e. The van der Waals surface area contributed by atoms with Crippen LogP contribution in [0.4, 0.5) is 0 Å². The highest BCUT2D eigenvalue weighted by atomic mass is 32.2. The summed E-state index contributed by atoms with van der Waals surface area (Å²) in [5, 5.41) is 11.6. The van der Waals surface area contributed by atoms with E-state index in [1.54, 1.807) is 18.2 Å². The summed E-state index contributed by atoms with van der Waals surface area (Å²) < 4.78 is 38.2. The number of furan rings is 2. The van der Waals surface area contributed by atoms with E-state index in [1.807, 2.05) is 6.92 Å². The molecule has 3 aromatic rings. The molecule has 0 amide bonds. The van der Waals surface area contributed by atoms with E-state index >= 15 is 0 Å². The molecule has 0 fully saturated rings. The average molecular weight is 388 g/mol. The molecule has 0 saturated carbocycles. The van der Waals surface area contributed by atoms with Crippen LogP contribution in [0, 0.1) is 17.0 Å². The Balaban J connectivity index is 2.04. The van der Waals surface area contributed by atoms with Gasteiger partial charge in [-0.2, -0.15) is 4.72 Å². The number of hydrogen-bond acceptors (Lipinski definition) is 6. The molecule has 1 unspecified atom stereocenters. The first-order valence-corrected chi connectivity index (χ1v) is 9.37. The first kappa shape index (κ1) is 18.6. The Morgan fingerprint density at radius 2 is 1.78 bits per heavy atom. The van der Waals surface area contributed by atoms with Gasteiger partial charge in [0.1, 0.15) is 11.5 Å². The summed E-state index contributed by atoms with van der Waals surface area (Å²) >= 11 is 0. The first-order chi connectivity index (χ1) is 12.9. The van der Waals surface area contributed by atoms with Crippen LogP contribution in [-0.2, 0) is 10.0 Å². The van der Waals surface area contributed by atoms with Crippen LogP contribution in [0.3, 0.4) is 0 Å². The molecule has 0 radical (unpaired) electrons. The van der Waals surface area contributed by atoms with Crippen LogP contribution in [0.15, 0.2) is 80.5 Å². The predicted molar refractivity (Wildman–Crippen MR) is 96.6 cm³/mol. The SMILES string of the molecule is Cc1ccc(S(=O)(=O)NC(/C(=C/c2ccco2)[N+](=O)[O-])c2ccco2)cc1. The third kappa shape index (κ3) is 4.33. The first-order valence-electron chi connectivity index (χ1n) is 7.89. The molecule has 2 heterocycles. The smallest absolute Gasteiger partial charge is 0.275 e. The lowest BCUT2D eigenvalue weighted by molar-refractivity contribution is -0.429. The maximum absolute atomic E-state index is 12.8. The zero-order valence-corrected chi connectivity index (χ0v) is 15.0. The van der Waals surface area contributed by atoms with Gasteiger partial charge in [-0.25, -0.2) is 8.42 Å². The number of hydrogen-bond donors (Lipinski definition) is 1. The van der Waals surface area contributed by atoms with Gasteiger partial charge in [0.2, 0.25) is 10.0 Å². The monoisotopic (exact) mass is 388 g/mol. The third-order valence-electron chi connectivity index (χ3n) is 3.77. The van der Waals surface area contributed by atoms with Crippen LogP contribution < -0.4 is 4.72 Å². The van der Waals surface area contributed by atoms with Crippen molar-refractivity contribution >= 4 is 16.1 Å². The van der Waals surface area contributed by atoms with E-state index in [1.165, 1.54) is 42.9 Å². The summed E-state index contributed by atoms with van der Waals surface area (Å²) in [6, 6.07) is 10.9. The van der Waals surface area contributed by atoms with Crippen molar-refractivity contribution in [3.05, 3.63) is 94.0 Å². The lowest BCUT2D eigenvalue weighted by Gasteiger charge is -2.15. The molecule has 1 aromatic carbocycles. The van der Waals surface area contributed by atoms with Crippen molar-refractivity contribution in [2.24, 2.45) is 0 Å². The highest BCUT2D eigenvalue weighted by molar-refractivity contribution is 7.89. The molecule has 3 rings (SSSR count). The van der Waals surface area contributed by atoms with Crippen molar-refractivity contribution in [2.45, 2.75) is 17.9 Å². The molecule has 9 heteroatoms. The van der Waals surface area contributed by atoms with Crippen molar-refractivity contribution in [2.75, 3.05) is 0 Å². The Hall–Kier alpha value is -3.17. The van der Waals surface area contributed by atoms with E-state index in [2.05, 4.69) is 4.72 Å². The quantitative estimate of drug-likeness (QED) is 0.489. The van der Waals surface area contributed by atoms with Crippen LogP contribution in [-0.4, -0.2) is 13.3 Å². The molecule has 0 aliphatic carbocycles. The second kappa shape index (κ2) is 7.60. The molecule has 27 heavy (non-hydrogen) atoms. The van der Waals surface area contributed by atoms with E-state index in [4.69, 9.17) is 8.83 Å². The molecule has 140 valence electrons. The predicted octanol–water partition coefficient (Wildman–Crippen LogP) is 3.52. The van der Waals surface area contributed by atoms with E-state index in [0.29, 0.717) is 0 Å². The second-order valence-corrected chi connectivity index (χ2v) is 7.44. The molecule has 1 atom stereocenters. The average Bonchev–Trinajstić information content (AvgIpc) is 3.32. The summed E-state index contributed by atoms with van der Waals surface area (Å²) in [5.74, 6) is 0.299. The van der Waals surface area contributed by atoms with E-state index in [0.717, 1.165) is 11.6 Å². The molecule has 0 aliphatic heterocycles. The van der Waals surface area contributed by atoms with E-state index < -0.39 is 26.7 Å². The topological polar surface area (TPSA) is 116 Å². The summed E-state index contributed by atoms with van der Waals surface area (Å²) in [6.07, 6.45) is 3.83. The minimum Gasteiger partial charge on any atom is -0.467 e. The standard InChI is InChI=1S/C18H16N2O6S/c1-13-6-8-15(9-7-13)27(23,24)19-18(17-5-3-11-26-17)16(20(21)22)12-14-4-2-10-25-14/h2-12,18-19H,1H3/b16-12-. The normalized spacial score (nSPS) is 13.4. The van der Waals surface area contributed by atoms with Gasteiger partial charge in [0.25, 0.3) is 5.70 Å². The van der Waals surface area contributed by atoms with Crippen LogP contribution in [0.2, 0.25) is 0 Å². The number of aryl methyl sites for hydroxylation is 1. The Morgan fingerprint density at radius 1 is 1.11 bits per heavy atom. The van der Waals surface area contributed by atoms with Crippen LogP contribution in [0.25, 0.3) is 6.08 Å². The number of sulfonamides is 1. The van der Waals surface area contributed by atoms with Crippen molar-refractivity contribution in [1.82, 2.24) is 4.72 Å². The second-order valence-electron chi connectivity index (χ2n) is 5.72. The molecular formula is C18H16N2O6S. The maximum Gasteiger partial charge on any atom is 0.275 e. The van der Waals surface area contributed by atoms with E-state index in [9.17, 15) is 18.5 Å². The lowest BCUT2D eigenvalue weighted by atomic mass is 10.1. The fraction of sp³-hybridized carbons (Fsp3) is 0.111. The minimum atomic E-state index is -4.05. The molecule has 0 bridgehead atoms. The van der Waals surface area contributed by atoms with Gasteiger partial charge in [0, 0.05) is 0 Å². The van der Waals surface area contributed by atoms with Gasteiger partial charge in [0.15, 0.2) is 6.04 Å². The Kier molecular flexibility index (Phi) is 5.24. The summed E-state index contributed by atoms with van der Waals surface area (Å²) in [6.45, 7) is 1.83. The molecular weight excluding hydrogens is 372 g/mol. The third-order valence-corrected chi connectivity index (χ3v) is 5.21. The van der Waals surface area contributed by atoms with Crippen LogP contribution >= 0.6 is 0 Å². The molecule has 0 aliphatic rings. The summed E-state index contributed by atoms with van der Waals surface area (Å²) in [5.41, 5.74) is 0.454. The number of nitrogens with zero attached hydrogens (tertiary/aromatic N) is 1. The van der Waals surface area contributed by atoms with Crippen molar-refractivity contribution < 1.29 is 22.2 Å². The minimum absolute atomic E-state index is 0.00893. The van der Waals surface area contributed by atoms with Gasteiger partial charge in [0.05, 0.1) is 28.4 Å². The number of rotatable bonds is 7. The molecule has 0 saturated heterocycles. The summed E-state index contributed by atoms with van der Waals surface area (Å²) in [7, 11) is -4.05. The molecule has 8 nitrogen and oxygen atoms in total. The van der Waals surface area contributed by atoms with Gasteiger partial charge in [-0.3, -0.25) is 10.1 Å². The fourth-order valence-electron chi connectivity index (χ4n) is 2.42. The van der Waals surface area contributed by atoms with Gasteiger partial charge in [-0.1, -0.05) is 17.7 Å². The summed E-state index contributed by atoms with van der Waals surface area (Å²) in [4.78, 5) is 11.0. The highest BCUT2D eigenvalue weighted by Crippen LogP contribution is 2.27.